The van der Waals surface area contributed by atoms with Gasteiger partial charge < -0.3 is 9.64 Å². The fourth-order valence-corrected chi connectivity index (χ4v) is 1.06. The average Bonchev–Trinajstić information content (AvgIpc) is 2.08. The molecule has 0 atom stereocenters. The third-order valence-electron chi connectivity index (χ3n) is 1.97. The zero-order chi connectivity index (χ0) is 9.14. The number of esters is 1. The van der Waals surface area contributed by atoms with Gasteiger partial charge in [-0.2, -0.15) is 0 Å². The second kappa shape index (κ2) is 3.43. The van der Waals surface area contributed by atoms with Crippen molar-refractivity contribution in [2.24, 2.45) is 0 Å². The van der Waals surface area contributed by atoms with Gasteiger partial charge in [-0.15, -0.1) is 0 Å². The van der Waals surface area contributed by atoms with E-state index < -0.39 is 0 Å². The van der Waals surface area contributed by atoms with Crippen LogP contribution in [-0.4, -0.2) is 25.0 Å². The van der Waals surface area contributed by atoms with Crippen LogP contribution in [0.5, 0.6) is 0 Å². The largest absolute Gasteiger partial charge is 0.466 e. The summed E-state index contributed by atoms with van der Waals surface area (Å²) in [5.74, 6) is -0.245. The molecule has 0 aromatic rings. The minimum absolute atomic E-state index is 0.245. The maximum absolute atomic E-state index is 11.1. The number of rotatable bonds is 1. The predicted octanol–water partition coefficient (Wildman–Crippen LogP) is 1.28. The van der Waals surface area contributed by atoms with E-state index >= 15 is 0 Å². The van der Waals surface area contributed by atoms with Crippen LogP contribution in [0.1, 0.15) is 13.3 Å². The Balaban J connectivity index is 2.73. The van der Waals surface area contributed by atoms with Gasteiger partial charge in [0.15, 0.2) is 0 Å². The average molecular weight is 167 g/mol. The summed E-state index contributed by atoms with van der Waals surface area (Å²) < 4.78 is 4.61. The Morgan fingerprint density at radius 1 is 1.67 bits per heavy atom. The fourth-order valence-electron chi connectivity index (χ4n) is 1.06. The highest BCUT2D eigenvalue weighted by Crippen LogP contribution is 2.16. The molecule has 66 valence electrons. The van der Waals surface area contributed by atoms with E-state index in [2.05, 4.69) is 4.74 Å². The zero-order valence-electron chi connectivity index (χ0n) is 7.63. The Bertz CT molecular complexity index is 253. The molecule has 0 amide bonds. The standard InChI is InChI=1S/C9H13NO2/c1-7-4-5-8(6-10(7)2)9(11)12-3/h4,6H,5H2,1-3H3. The molecule has 3 nitrogen and oxygen atoms in total. The van der Waals surface area contributed by atoms with E-state index in [0.29, 0.717) is 12.0 Å². The molecule has 0 spiro atoms. The molecular formula is C9H13NO2. The molecule has 0 aliphatic carbocycles. The topological polar surface area (TPSA) is 29.5 Å². The molecule has 1 aliphatic heterocycles. The van der Waals surface area contributed by atoms with Crippen molar-refractivity contribution in [2.75, 3.05) is 14.2 Å². The van der Waals surface area contributed by atoms with Gasteiger partial charge in [0.1, 0.15) is 0 Å². The number of hydrogen-bond donors (Lipinski definition) is 0. The Morgan fingerprint density at radius 2 is 2.33 bits per heavy atom. The Hall–Kier alpha value is -1.25. The summed E-state index contributed by atoms with van der Waals surface area (Å²) in [6.45, 7) is 2.00. The van der Waals surface area contributed by atoms with Gasteiger partial charge in [-0.1, -0.05) is 6.08 Å². The van der Waals surface area contributed by atoms with Crippen molar-refractivity contribution in [3.8, 4) is 0 Å². The summed E-state index contributed by atoms with van der Waals surface area (Å²) in [6, 6.07) is 0. The van der Waals surface area contributed by atoms with E-state index in [-0.39, 0.29) is 5.97 Å². The minimum Gasteiger partial charge on any atom is -0.466 e. The van der Waals surface area contributed by atoms with Crippen molar-refractivity contribution in [3.63, 3.8) is 0 Å². The molecule has 12 heavy (non-hydrogen) atoms. The first-order chi connectivity index (χ1) is 5.65. The number of methoxy groups -OCH3 is 1. The van der Waals surface area contributed by atoms with Crippen LogP contribution in [0.15, 0.2) is 23.5 Å². The molecule has 1 rings (SSSR count). The molecule has 0 N–H and O–H groups in total. The lowest BCUT2D eigenvalue weighted by Gasteiger charge is -2.20. The van der Waals surface area contributed by atoms with Gasteiger partial charge in [0, 0.05) is 25.4 Å². The van der Waals surface area contributed by atoms with E-state index in [9.17, 15) is 4.79 Å². The van der Waals surface area contributed by atoms with Crippen LogP contribution in [0.4, 0.5) is 0 Å². The summed E-state index contributed by atoms with van der Waals surface area (Å²) in [5, 5.41) is 0. The van der Waals surface area contributed by atoms with Crippen molar-refractivity contribution in [1.29, 1.82) is 0 Å². The molecule has 0 unspecified atom stereocenters. The highest BCUT2D eigenvalue weighted by atomic mass is 16.5. The second-order valence-electron chi connectivity index (χ2n) is 2.81. The van der Waals surface area contributed by atoms with Crippen LogP contribution >= 0.6 is 0 Å². The Kier molecular flexibility index (Phi) is 2.53. The van der Waals surface area contributed by atoms with Crippen molar-refractivity contribution in [2.45, 2.75) is 13.3 Å². The van der Waals surface area contributed by atoms with Crippen LogP contribution in [0.2, 0.25) is 0 Å². The molecule has 0 aromatic carbocycles. The second-order valence-corrected chi connectivity index (χ2v) is 2.81. The minimum atomic E-state index is -0.245. The molecule has 0 saturated heterocycles. The maximum Gasteiger partial charge on any atom is 0.335 e. The van der Waals surface area contributed by atoms with Gasteiger partial charge in [-0.05, 0) is 6.92 Å². The first-order valence-corrected chi connectivity index (χ1v) is 3.83. The monoisotopic (exact) mass is 167 g/mol. The summed E-state index contributed by atoms with van der Waals surface area (Å²) in [7, 11) is 3.31. The first kappa shape index (κ1) is 8.84. The van der Waals surface area contributed by atoms with E-state index in [1.165, 1.54) is 7.11 Å². The highest BCUT2D eigenvalue weighted by molar-refractivity contribution is 5.88. The molecule has 0 bridgehead atoms. The summed E-state index contributed by atoms with van der Waals surface area (Å²) in [5.41, 5.74) is 1.85. The number of carbonyl (C=O) groups excluding carboxylic acids is 1. The SMILES string of the molecule is COC(=O)C1=CN(C)C(C)=CC1. The molecular weight excluding hydrogens is 154 g/mol. The molecule has 0 saturated carbocycles. The van der Waals surface area contributed by atoms with Crippen LogP contribution in [-0.2, 0) is 9.53 Å². The third kappa shape index (κ3) is 1.67. The van der Waals surface area contributed by atoms with Gasteiger partial charge in [0.2, 0.25) is 0 Å². The van der Waals surface area contributed by atoms with Crippen LogP contribution in [0.3, 0.4) is 0 Å². The normalized spacial score (nSPS) is 16.8. The lowest BCUT2D eigenvalue weighted by Crippen LogP contribution is -2.16. The van der Waals surface area contributed by atoms with Gasteiger partial charge in [0.05, 0.1) is 12.7 Å². The third-order valence-corrected chi connectivity index (χ3v) is 1.97. The summed E-state index contributed by atoms with van der Waals surface area (Å²) in [4.78, 5) is 13.0. The lowest BCUT2D eigenvalue weighted by molar-refractivity contribution is -0.136. The molecule has 0 radical (unpaired) electrons. The molecule has 0 aromatic heterocycles. The van der Waals surface area contributed by atoms with E-state index in [1.54, 1.807) is 6.20 Å². The van der Waals surface area contributed by atoms with Crippen molar-refractivity contribution >= 4 is 5.97 Å². The molecule has 0 fully saturated rings. The molecule has 1 heterocycles. The first-order valence-electron chi connectivity index (χ1n) is 3.83. The van der Waals surface area contributed by atoms with E-state index in [1.807, 2.05) is 24.9 Å². The van der Waals surface area contributed by atoms with Gasteiger partial charge in [-0.3, -0.25) is 0 Å². The number of nitrogens with zero attached hydrogens (tertiary/aromatic N) is 1. The van der Waals surface area contributed by atoms with Crippen molar-refractivity contribution < 1.29 is 9.53 Å². The number of ether oxygens (including phenoxy) is 1. The van der Waals surface area contributed by atoms with Crippen molar-refractivity contribution in [3.05, 3.63) is 23.5 Å². The number of hydrogen-bond acceptors (Lipinski definition) is 3. The summed E-state index contributed by atoms with van der Waals surface area (Å²) >= 11 is 0. The smallest absolute Gasteiger partial charge is 0.335 e. The predicted molar refractivity (Wildman–Crippen MR) is 46.2 cm³/mol. The number of carbonyl (C=O) groups is 1. The number of allylic oxidation sites excluding steroid dienone is 2. The van der Waals surface area contributed by atoms with Crippen molar-refractivity contribution in [1.82, 2.24) is 4.90 Å². The summed E-state index contributed by atoms with van der Waals surface area (Å²) in [6.07, 6.45) is 4.48. The maximum atomic E-state index is 11.1. The van der Waals surface area contributed by atoms with Gasteiger partial charge >= 0.3 is 5.97 Å². The Morgan fingerprint density at radius 3 is 2.83 bits per heavy atom. The fraction of sp³-hybridized carbons (Fsp3) is 0.444. The van der Waals surface area contributed by atoms with Crippen LogP contribution in [0, 0.1) is 0 Å². The molecule has 3 heteroatoms. The highest BCUT2D eigenvalue weighted by Gasteiger charge is 2.13. The Labute approximate surface area is 72.3 Å². The quantitative estimate of drug-likeness (QED) is 0.551. The van der Waals surface area contributed by atoms with E-state index in [4.69, 9.17) is 0 Å². The molecule has 1 aliphatic rings. The van der Waals surface area contributed by atoms with E-state index in [0.717, 1.165) is 5.70 Å². The van der Waals surface area contributed by atoms with Gasteiger partial charge in [-0.25, -0.2) is 4.79 Å². The zero-order valence-corrected chi connectivity index (χ0v) is 7.63. The van der Waals surface area contributed by atoms with Crippen LogP contribution < -0.4 is 0 Å². The van der Waals surface area contributed by atoms with Crippen LogP contribution in [0.25, 0.3) is 0 Å². The van der Waals surface area contributed by atoms with Gasteiger partial charge in [0.25, 0.3) is 0 Å². The lowest BCUT2D eigenvalue weighted by atomic mass is 10.1.